The van der Waals surface area contributed by atoms with Crippen molar-refractivity contribution < 1.29 is 14.3 Å². The van der Waals surface area contributed by atoms with Gasteiger partial charge in [0, 0.05) is 52.2 Å². The van der Waals surface area contributed by atoms with Gasteiger partial charge in [0.15, 0.2) is 5.82 Å². The molecule has 0 atom stereocenters. The summed E-state index contributed by atoms with van der Waals surface area (Å²) in [7, 11) is 0. The van der Waals surface area contributed by atoms with Crippen molar-refractivity contribution in [3.8, 4) is 0 Å². The minimum atomic E-state index is -0.244. The lowest BCUT2D eigenvalue weighted by Crippen LogP contribution is -2.48. The second-order valence-corrected chi connectivity index (χ2v) is 6.74. The zero-order chi connectivity index (χ0) is 19.2. The summed E-state index contributed by atoms with van der Waals surface area (Å²) in [5.74, 6) is 1.36. The first-order chi connectivity index (χ1) is 13.1. The maximum atomic E-state index is 11.8. The second kappa shape index (κ2) is 8.83. The number of rotatable bonds is 4. The van der Waals surface area contributed by atoms with Gasteiger partial charge in [0.2, 0.25) is 11.9 Å². The van der Waals surface area contributed by atoms with Crippen LogP contribution in [0.5, 0.6) is 0 Å². The largest absolute Gasteiger partial charge is 0.450 e. The van der Waals surface area contributed by atoms with E-state index in [9.17, 15) is 9.59 Å². The predicted octanol–water partition coefficient (Wildman–Crippen LogP) is 0.573. The Morgan fingerprint density at radius 1 is 1.15 bits per heavy atom. The van der Waals surface area contributed by atoms with Crippen LogP contribution in [0.25, 0.3) is 0 Å². The lowest BCUT2D eigenvalue weighted by Gasteiger charge is -2.34. The van der Waals surface area contributed by atoms with E-state index in [0.717, 1.165) is 12.8 Å². The van der Waals surface area contributed by atoms with E-state index in [1.807, 2.05) is 16.7 Å². The van der Waals surface area contributed by atoms with Crippen molar-refractivity contribution in [3.05, 3.63) is 6.20 Å². The quantitative estimate of drug-likeness (QED) is 0.812. The van der Waals surface area contributed by atoms with Gasteiger partial charge in [-0.15, -0.1) is 5.10 Å². The number of piperazine rings is 1. The van der Waals surface area contributed by atoms with E-state index in [1.165, 1.54) is 0 Å². The summed E-state index contributed by atoms with van der Waals surface area (Å²) in [4.78, 5) is 33.4. The Kier molecular flexibility index (Phi) is 6.25. The molecule has 2 saturated heterocycles. The highest BCUT2D eigenvalue weighted by atomic mass is 16.6. The Labute approximate surface area is 158 Å². The molecule has 1 N–H and O–H groups in total. The summed E-state index contributed by atoms with van der Waals surface area (Å²) in [5.41, 5.74) is 0. The standard InChI is InChI=1S/C17H27N7O3/c1-3-27-17(26)24-6-4-14(5-7-24)19-15-12-18-21-16(20-15)23-10-8-22(9-11-23)13(2)25/h12,14H,3-11H2,1-2H3,(H,19,20,21). The maximum Gasteiger partial charge on any atom is 0.409 e. The Morgan fingerprint density at radius 2 is 1.85 bits per heavy atom. The molecule has 2 amide bonds. The zero-order valence-electron chi connectivity index (χ0n) is 15.9. The fraction of sp³-hybridized carbons (Fsp3) is 0.706. The van der Waals surface area contributed by atoms with Gasteiger partial charge in [-0.1, -0.05) is 0 Å². The molecule has 1 aromatic rings. The predicted molar refractivity (Wildman–Crippen MR) is 99.5 cm³/mol. The van der Waals surface area contributed by atoms with Crippen molar-refractivity contribution in [2.24, 2.45) is 0 Å². The van der Waals surface area contributed by atoms with E-state index >= 15 is 0 Å². The molecule has 10 nitrogen and oxygen atoms in total. The van der Waals surface area contributed by atoms with Gasteiger partial charge in [0.1, 0.15) is 0 Å². The van der Waals surface area contributed by atoms with Crippen molar-refractivity contribution in [1.29, 1.82) is 0 Å². The van der Waals surface area contributed by atoms with Crippen LogP contribution in [0, 0.1) is 0 Å². The van der Waals surface area contributed by atoms with Crippen LogP contribution in [0.4, 0.5) is 16.6 Å². The summed E-state index contributed by atoms with van der Waals surface area (Å²) in [6.45, 7) is 7.85. The molecule has 148 valence electrons. The monoisotopic (exact) mass is 377 g/mol. The molecule has 2 aliphatic heterocycles. The molecule has 0 aromatic carbocycles. The lowest BCUT2D eigenvalue weighted by atomic mass is 10.1. The third kappa shape index (κ3) is 4.95. The molecule has 0 spiro atoms. The molecule has 0 unspecified atom stereocenters. The summed E-state index contributed by atoms with van der Waals surface area (Å²) in [5, 5.41) is 11.6. The van der Waals surface area contributed by atoms with Gasteiger partial charge >= 0.3 is 6.09 Å². The maximum absolute atomic E-state index is 11.8. The molecule has 0 radical (unpaired) electrons. The minimum Gasteiger partial charge on any atom is -0.450 e. The molecule has 2 fully saturated rings. The number of anilines is 2. The first kappa shape index (κ1) is 19.1. The number of nitrogens with zero attached hydrogens (tertiary/aromatic N) is 6. The summed E-state index contributed by atoms with van der Waals surface area (Å²) in [6, 6.07) is 0.231. The number of carbonyl (C=O) groups is 2. The SMILES string of the molecule is CCOC(=O)N1CCC(Nc2cnnc(N3CCN(C(C)=O)CC3)n2)CC1. The Morgan fingerprint density at radius 3 is 2.48 bits per heavy atom. The smallest absolute Gasteiger partial charge is 0.409 e. The van der Waals surface area contributed by atoms with Crippen LogP contribution < -0.4 is 10.2 Å². The van der Waals surface area contributed by atoms with Crippen LogP contribution in [-0.2, 0) is 9.53 Å². The van der Waals surface area contributed by atoms with Crippen molar-refractivity contribution in [3.63, 3.8) is 0 Å². The summed E-state index contributed by atoms with van der Waals surface area (Å²) in [6.07, 6.45) is 3.03. The van der Waals surface area contributed by atoms with Crippen molar-refractivity contribution in [2.45, 2.75) is 32.7 Å². The second-order valence-electron chi connectivity index (χ2n) is 6.74. The van der Waals surface area contributed by atoms with Gasteiger partial charge in [-0.2, -0.15) is 10.1 Å². The van der Waals surface area contributed by atoms with Gasteiger partial charge in [-0.05, 0) is 19.8 Å². The Bertz CT molecular complexity index is 656. The van der Waals surface area contributed by atoms with Gasteiger partial charge in [-0.25, -0.2) is 4.79 Å². The molecule has 0 bridgehead atoms. The van der Waals surface area contributed by atoms with Crippen LogP contribution in [-0.4, -0.2) is 88.9 Å². The number of hydrogen-bond acceptors (Lipinski definition) is 8. The van der Waals surface area contributed by atoms with E-state index < -0.39 is 0 Å². The van der Waals surface area contributed by atoms with Crippen LogP contribution in [0.1, 0.15) is 26.7 Å². The van der Waals surface area contributed by atoms with Gasteiger partial charge < -0.3 is 24.8 Å². The van der Waals surface area contributed by atoms with Crippen molar-refractivity contribution >= 4 is 23.8 Å². The number of carbonyl (C=O) groups excluding carboxylic acids is 2. The third-order valence-electron chi connectivity index (χ3n) is 4.93. The van der Waals surface area contributed by atoms with Crippen molar-refractivity contribution in [1.82, 2.24) is 25.0 Å². The highest BCUT2D eigenvalue weighted by molar-refractivity contribution is 5.73. The van der Waals surface area contributed by atoms with Crippen LogP contribution >= 0.6 is 0 Å². The molecule has 1 aromatic heterocycles. The van der Waals surface area contributed by atoms with Crippen molar-refractivity contribution in [2.75, 3.05) is 56.1 Å². The number of hydrogen-bond donors (Lipinski definition) is 1. The molecule has 2 aliphatic rings. The first-order valence-electron chi connectivity index (χ1n) is 9.45. The van der Waals surface area contributed by atoms with E-state index in [2.05, 4.69) is 20.5 Å². The van der Waals surface area contributed by atoms with Gasteiger partial charge in [0.25, 0.3) is 0 Å². The molecule has 0 saturated carbocycles. The number of amides is 2. The van der Waals surface area contributed by atoms with E-state index in [-0.39, 0.29) is 18.0 Å². The summed E-state index contributed by atoms with van der Waals surface area (Å²) < 4.78 is 5.05. The van der Waals surface area contributed by atoms with E-state index in [4.69, 9.17) is 4.74 Å². The Balaban J connectivity index is 1.51. The topological polar surface area (TPSA) is 104 Å². The number of ether oxygens (including phenoxy) is 1. The van der Waals surface area contributed by atoms with Crippen LogP contribution in [0.3, 0.4) is 0 Å². The third-order valence-corrected chi connectivity index (χ3v) is 4.93. The highest BCUT2D eigenvalue weighted by Gasteiger charge is 2.25. The Hall–Kier alpha value is -2.65. The van der Waals surface area contributed by atoms with E-state index in [1.54, 1.807) is 18.0 Å². The molecular weight excluding hydrogens is 350 g/mol. The van der Waals surface area contributed by atoms with E-state index in [0.29, 0.717) is 57.6 Å². The molecule has 3 heterocycles. The van der Waals surface area contributed by atoms with Gasteiger partial charge in [0.05, 0.1) is 12.8 Å². The molecular formula is C17H27N7O3. The number of piperidine rings is 1. The lowest BCUT2D eigenvalue weighted by molar-refractivity contribution is -0.129. The fourth-order valence-corrected chi connectivity index (χ4v) is 3.35. The zero-order valence-corrected chi connectivity index (χ0v) is 15.9. The average Bonchev–Trinajstić information content (AvgIpc) is 2.69. The van der Waals surface area contributed by atoms with Gasteiger partial charge in [-0.3, -0.25) is 4.79 Å². The number of likely N-dealkylation sites (tertiary alicyclic amines) is 1. The molecule has 0 aliphatic carbocycles. The normalized spacial score (nSPS) is 18.4. The molecule has 27 heavy (non-hydrogen) atoms. The number of aromatic nitrogens is 3. The fourth-order valence-electron chi connectivity index (χ4n) is 3.35. The average molecular weight is 377 g/mol. The number of nitrogens with one attached hydrogen (secondary N) is 1. The first-order valence-corrected chi connectivity index (χ1v) is 9.45. The summed E-state index contributed by atoms with van der Waals surface area (Å²) >= 11 is 0. The molecule has 3 rings (SSSR count). The van der Waals surface area contributed by atoms with Crippen LogP contribution in [0.2, 0.25) is 0 Å². The molecule has 10 heteroatoms. The minimum absolute atomic E-state index is 0.0956. The van der Waals surface area contributed by atoms with Crippen LogP contribution in [0.15, 0.2) is 6.20 Å². The highest BCUT2D eigenvalue weighted by Crippen LogP contribution is 2.17.